The van der Waals surface area contributed by atoms with Crippen LogP contribution >= 0.6 is 0 Å². The third-order valence-electron chi connectivity index (χ3n) is 2.97. The molecule has 7 heteroatoms. The van der Waals surface area contributed by atoms with Gasteiger partial charge in [0.1, 0.15) is 11.6 Å². The Bertz CT molecular complexity index is 623. The minimum Gasteiger partial charge on any atom is -0.428 e. The van der Waals surface area contributed by atoms with E-state index in [1.54, 1.807) is 19.9 Å². The fraction of sp³-hybridized carbons (Fsp3) is 0.286. The van der Waals surface area contributed by atoms with Crippen LogP contribution in [0.1, 0.15) is 23.1 Å². The second-order valence-corrected chi connectivity index (χ2v) is 4.53. The number of benzene rings is 1. The largest absolute Gasteiger partial charge is 0.428 e. The SMILES string of the molecule is Cc1nc(NC(=O)NCC(O)c2ccccc2F)oc1C. The first kappa shape index (κ1) is 15.0. The first-order chi connectivity index (χ1) is 9.97. The molecule has 6 nitrogen and oxygen atoms in total. The normalized spacial score (nSPS) is 12.0. The van der Waals surface area contributed by atoms with Gasteiger partial charge in [-0.15, -0.1) is 0 Å². The van der Waals surface area contributed by atoms with E-state index in [0.717, 1.165) is 0 Å². The molecule has 2 amide bonds. The molecule has 2 aromatic rings. The number of urea groups is 1. The Morgan fingerprint density at radius 1 is 1.43 bits per heavy atom. The lowest BCUT2D eigenvalue weighted by Gasteiger charge is -2.12. The summed E-state index contributed by atoms with van der Waals surface area (Å²) in [5.74, 6) is 0.0860. The zero-order valence-electron chi connectivity index (χ0n) is 11.7. The first-order valence-electron chi connectivity index (χ1n) is 6.38. The Balaban J connectivity index is 1.88. The molecule has 0 fully saturated rings. The van der Waals surface area contributed by atoms with Gasteiger partial charge in [-0.05, 0) is 19.9 Å². The van der Waals surface area contributed by atoms with Gasteiger partial charge in [-0.25, -0.2) is 9.18 Å². The number of rotatable bonds is 4. The van der Waals surface area contributed by atoms with Gasteiger partial charge in [0.15, 0.2) is 0 Å². The van der Waals surface area contributed by atoms with E-state index in [0.29, 0.717) is 11.5 Å². The Hall–Kier alpha value is -2.41. The van der Waals surface area contributed by atoms with Crippen LogP contribution in [-0.4, -0.2) is 22.7 Å². The third kappa shape index (κ3) is 3.79. The molecule has 0 radical (unpaired) electrons. The van der Waals surface area contributed by atoms with Gasteiger partial charge >= 0.3 is 12.0 Å². The quantitative estimate of drug-likeness (QED) is 0.807. The molecule has 0 aliphatic rings. The van der Waals surface area contributed by atoms with Gasteiger partial charge in [0.05, 0.1) is 11.8 Å². The van der Waals surface area contributed by atoms with E-state index in [1.165, 1.54) is 18.2 Å². The Labute approximate surface area is 121 Å². The summed E-state index contributed by atoms with van der Waals surface area (Å²) in [6.07, 6.45) is -1.13. The molecule has 0 bridgehead atoms. The number of oxazole rings is 1. The van der Waals surface area contributed by atoms with Crippen molar-refractivity contribution in [3.8, 4) is 0 Å². The number of nitrogens with one attached hydrogen (secondary N) is 2. The maximum Gasteiger partial charge on any atom is 0.322 e. The molecular weight excluding hydrogens is 277 g/mol. The number of carbonyl (C=O) groups is 1. The summed E-state index contributed by atoms with van der Waals surface area (Å²) in [5, 5.41) is 14.7. The van der Waals surface area contributed by atoms with E-state index in [2.05, 4.69) is 15.6 Å². The lowest BCUT2D eigenvalue weighted by Crippen LogP contribution is -2.32. The number of aromatic nitrogens is 1. The molecule has 0 saturated carbocycles. The highest BCUT2D eigenvalue weighted by Crippen LogP contribution is 2.16. The molecule has 21 heavy (non-hydrogen) atoms. The van der Waals surface area contributed by atoms with Crippen molar-refractivity contribution in [1.29, 1.82) is 0 Å². The second kappa shape index (κ2) is 6.36. The molecule has 3 N–H and O–H groups in total. The van der Waals surface area contributed by atoms with Crippen LogP contribution in [0, 0.1) is 19.7 Å². The molecule has 0 spiro atoms. The summed E-state index contributed by atoms with van der Waals surface area (Å²) >= 11 is 0. The molecule has 112 valence electrons. The fourth-order valence-corrected chi connectivity index (χ4v) is 1.71. The molecular formula is C14H16FN3O3. The van der Waals surface area contributed by atoms with Crippen LogP contribution in [0.2, 0.25) is 0 Å². The summed E-state index contributed by atoms with van der Waals surface area (Å²) < 4.78 is 18.6. The standard InChI is InChI=1S/C14H16FN3O3/c1-8-9(2)21-14(17-8)18-13(20)16-7-12(19)10-5-3-4-6-11(10)15/h3-6,12,19H,7H2,1-2H3,(H2,16,17,18,20). The van der Waals surface area contributed by atoms with E-state index in [-0.39, 0.29) is 18.1 Å². The lowest BCUT2D eigenvalue weighted by atomic mass is 10.1. The average molecular weight is 293 g/mol. The van der Waals surface area contributed by atoms with E-state index in [1.807, 2.05) is 0 Å². The summed E-state index contributed by atoms with van der Waals surface area (Å²) in [4.78, 5) is 15.6. The summed E-state index contributed by atoms with van der Waals surface area (Å²) in [6.45, 7) is 3.35. The van der Waals surface area contributed by atoms with Crippen molar-refractivity contribution in [3.63, 3.8) is 0 Å². The van der Waals surface area contributed by atoms with Crippen molar-refractivity contribution in [2.24, 2.45) is 0 Å². The summed E-state index contributed by atoms with van der Waals surface area (Å²) in [6, 6.07) is 5.32. The van der Waals surface area contributed by atoms with Gasteiger partial charge in [-0.2, -0.15) is 4.98 Å². The van der Waals surface area contributed by atoms with Crippen molar-refractivity contribution in [2.45, 2.75) is 20.0 Å². The molecule has 1 unspecified atom stereocenters. The number of hydrogen-bond donors (Lipinski definition) is 3. The van der Waals surface area contributed by atoms with Crippen molar-refractivity contribution >= 4 is 12.0 Å². The topological polar surface area (TPSA) is 87.4 Å². The highest BCUT2D eigenvalue weighted by Gasteiger charge is 2.14. The third-order valence-corrected chi connectivity index (χ3v) is 2.97. The van der Waals surface area contributed by atoms with Crippen LogP contribution in [0.25, 0.3) is 0 Å². The number of amides is 2. The maximum absolute atomic E-state index is 13.4. The van der Waals surface area contributed by atoms with Crippen LogP contribution < -0.4 is 10.6 Å². The zero-order valence-corrected chi connectivity index (χ0v) is 11.7. The van der Waals surface area contributed by atoms with Crippen LogP contribution in [0.3, 0.4) is 0 Å². The number of anilines is 1. The van der Waals surface area contributed by atoms with E-state index in [4.69, 9.17) is 4.42 Å². The summed E-state index contributed by atoms with van der Waals surface area (Å²) in [5.41, 5.74) is 0.803. The molecule has 1 heterocycles. The number of aliphatic hydroxyl groups excluding tert-OH is 1. The fourth-order valence-electron chi connectivity index (χ4n) is 1.71. The molecule has 1 atom stereocenters. The lowest BCUT2D eigenvalue weighted by molar-refractivity contribution is 0.170. The van der Waals surface area contributed by atoms with Crippen molar-refractivity contribution < 1.29 is 18.7 Å². The minimum absolute atomic E-state index is 0.0721. The van der Waals surface area contributed by atoms with E-state index < -0.39 is 18.0 Å². The highest BCUT2D eigenvalue weighted by atomic mass is 19.1. The van der Waals surface area contributed by atoms with Crippen molar-refractivity contribution in [3.05, 3.63) is 47.1 Å². The minimum atomic E-state index is -1.13. The van der Waals surface area contributed by atoms with Crippen LogP contribution in [0.15, 0.2) is 28.7 Å². The number of nitrogens with zero attached hydrogens (tertiary/aromatic N) is 1. The zero-order chi connectivity index (χ0) is 15.4. The van der Waals surface area contributed by atoms with Crippen LogP contribution in [-0.2, 0) is 0 Å². The number of aliphatic hydroxyl groups is 1. The Morgan fingerprint density at radius 3 is 2.76 bits per heavy atom. The summed E-state index contributed by atoms with van der Waals surface area (Å²) in [7, 11) is 0. The monoisotopic (exact) mass is 293 g/mol. The van der Waals surface area contributed by atoms with Gasteiger partial charge in [-0.3, -0.25) is 5.32 Å². The smallest absolute Gasteiger partial charge is 0.322 e. The van der Waals surface area contributed by atoms with E-state index >= 15 is 0 Å². The van der Waals surface area contributed by atoms with Crippen LogP contribution in [0.4, 0.5) is 15.2 Å². The van der Waals surface area contributed by atoms with Crippen LogP contribution in [0.5, 0.6) is 0 Å². The van der Waals surface area contributed by atoms with E-state index in [9.17, 15) is 14.3 Å². The number of carbonyl (C=O) groups excluding carboxylic acids is 1. The predicted molar refractivity (Wildman–Crippen MR) is 74.4 cm³/mol. The van der Waals surface area contributed by atoms with Crippen molar-refractivity contribution in [2.75, 3.05) is 11.9 Å². The van der Waals surface area contributed by atoms with Gasteiger partial charge < -0.3 is 14.8 Å². The van der Waals surface area contributed by atoms with Gasteiger partial charge in [-0.1, -0.05) is 18.2 Å². The van der Waals surface area contributed by atoms with Crippen molar-refractivity contribution in [1.82, 2.24) is 10.3 Å². The second-order valence-electron chi connectivity index (χ2n) is 4.53. The molecule has 2 rings (SSSR count). The predicted octanol–water partition coefficient (Wildman–Crippen LogP) is 2.29. The van der Waals surface area contributed by atoms with Gasteiger partial charge in [0.25, 0.3) is 0 Å². The molecule has 1 aromatic heterocycles. The first-order valence-corrected chi connectivity index (χ1v) is 6.38. The van der Waals surface area contributed by atoms with Gasteiger partial charge in [0, 0.05) is 12.1 Å². The molecule has 0 saturated heterocycles. The molecule has 1 aromatic carbocycles. The Kier molecular flexibility index (Phi) is 4.54. The Morgan fingerprint density at radius 2 is 2.14 bits per heavy atom. The number of aryl methyl sites for hydroxylation is 2. The number of halogens is 1. The maximum atomic E-state index is 13.4. The average Bonchev–Trinajstić information content (AvgIpc) is 2.75. The molecule has 0 aliphatic carbocycles. The number of hydrogen-bond acceptors (Lipinski definition) is 4. The molecule has 0 aliphatic heterocycles. The highest BCUT2D eigenvalue weighted by molar-refractivity contribution is 5.86. The van der Waals surface area contributed by atoms with Gasteiger partial charge in [0.2, 0.25) is 0 Å².